The van der Waals surface area contributed by atoms with Crippen molar-refractivity contribution in [1.29, 1.82) is 0 Å². The van der Waals surface area contributed by atoms with Gasteiger partial charge in [0.05, 0.1) is 0 Å². The highest BCUT2D eigenvalue weighted by atomic mass is 16.1. The third kappa shape index (κ3) is 0.971. The van der Waals surface area contributed by atoms with Crippen LogP contribution in [0.15, 0.2) is 6.58 Å². The maximum atomic E-state index is 8.57. The Morgan fingerprint density at radius 2 is 1.75 bits per heavy atom. The summed E-state index contributed by atoms with van der Waals surface area (Å²) in [7, 11) is 0. The summed E-state index contributed by atoms with van der Waals surface area (Å²) in [6.45, 7) is 2.68. The zero-order valence-electron chi connectivity index (χ0n) is 1.62. The van der Waals surface area contributed by atoms with Gasteiger partial charge in [-0.2, -0.15) is 0 Å². The second kappa shape index (κ2) is 25.4. The summed E-state index contributed by atoms with van der Waals surface area (Å²) in [6.07, 6.45) is 0. The molecule has 0 unspecified atom stereocenters. The van der Waals surface area contributed by atoms with Gasteiger partial charge >= 0.3 is 0 Å². The first kappa shape index (κ1) is 9.85. The van der Waals surface area contributed by atoms with E-state index in [1.54, 1.807) is 0 Å². The van der Waals surface area contributed by atoms with Crippen LogP contribution in [0.2, 0.25) is 0 Å². The van der Waals surface area contributed by atoms with Gasteiger partial charge in [-0.05, 0) is 6.58 Å². The van der Waals surface area contributed by atoms with Crippen LogP contribution in [0.3, 0.4) is 0 Å². The number of rotatable bonds is 0. The van der Waals surface area contributed by atoms with Crippen LogP contribution in [-0.4, -0.2) is 5.94 Å². The Bertz CT molecular complexity index is 24.3. The van der Waals surface area contributed by atoms with Gasteiger partial charge in [-0.1, -0.05) is 7.43 Å². The van der Waals surface area contributed by atoms with E-state index in [-0.39, 0.29) is 7.43 Å². The molecule has 0 aromatic heterocycles. The van der Waals surface area contributed by atoms with E-state index in [1.807, 2.05) is 0 Å². The SMILES string of the molecule is C=C=O.[5CH4]. The van der Waals surface area contributed by atoms with Crippen molar-refractivity contribution in [2.24, 2.45) is 0 Å². The maximum Gasteiger partial charge on any atom is 0.116 e. The van der Waals surface area contributed by atoms with Crippen molar-refractivity contribution in [1.82, 2.24) is 0 Å². The molecule has 0 saturated carbocycles. The normalized spacial score (nSPS) is 2.00. The molecule has 24 valence electrons. The number of hydrogen-bond acceptors (Lipinski definition) is 1. The van der Waals surface area contributed by atoms with Gasteiger partial charge in [0.2, 0.25) is 0 Å². The van der Waals surface area contributed by atoms with Crippen molar-refractivity contribution >= 4 is 5.94 Å². The molecule has 0 radical (unpaired) electrons. The van der Waals surface area contributed by atoms with Crippen LogP contribution in [0, 0.1) is 0 Å². The van der Waals surface area contributed by atoms with Crippen LogP contribution in [0.25, 0.3) is 0 Å². The zero-order chi connectivity index (χ0) is 2.71. The summed E-state index contributed by atoms with van der Waals surface area (Å²) < 4.78 is 0. The molecule has 0 rings (SSSR count). The predicted molar refractivity (Wildman–Crippen MR) is 18.1 cm³/mol. The minimum absolute atomic E-state index is 0. The van der Waals surface area contributed by atoms with Crippen molar-refractivity contribution in [2.45, 2.75) is 7.43 Å². The monoisotopic (exact) mass is 51.0 g/mol. The van der Waals surface area contributed by atoms with E-state index in [2.05, 4.69) is 6.58 Å². The zero-order valence-corrected chi connectivity index (χ0v) is 1.62. The molecular formula is C3H6O. The highest BCUT2D eigenvalue weighted by molar-refractivity contribution is 5.38. The Balaban J connectivity index is 0. The fourth-order valence-electron chi connectivity index (χ4n) is 0. The molecule has 0 N–H and O–H groups in total. The second-order valence-electron chi connectivity index (χ2n) is 0.144. The molecule has 0 amide bonds. The van der Waals surface area contributed by atoms with Gasteiger partial charge in [-0.3, -0.25) is 0 Å². The highest BCUT2D eigenvalue weighted by Crippen LogP contribution is 0.894. The van der Waals surface area contributed by atoms with Gasteiger partial charge < -0.3 is 0 Å². The van der Waals surface area contributed by atoms with Crippen molar-refractivity contribution in [3.8, 4) is 0 Å². The lowest BCUT2D eigenvalue weighted by Crippen LogP contribution is -1.15. The summed E-state index contributed by atoms with van der Waals surface area (Å²) in [5, 5.41) is 0. The summed E-state index contributed by atoms with van der Waals surface area (Å²) in [5.41, 5.74) is 0. The number of hydrogen-bond donors (Lipinski definition) is 0. The van der Waals surface area contributed by atoms with Gasteiger partial charge in [0.1, 0.15) is 5.94 Å². The van der Waals surface area contributed by atoms with Crippen LogP contribution in [0.1, 0.15) is 7.43 Å². The van der Waals surface area contributed by atoms with E-state index in [9.17, 15) is 0 Å². The van der Waals surface area contributed by atoms with E-state index in [1.165, 1.54) is 5.94 Å². The molecule has 0 aliphatic heterocycles. The van der Waals surface area contributed by atoms with Crippen molar-refractivity contribution in [3.05, 3.63) is 6.58 Å². The molecule has 4 heavy (non-hydrogen) atoms. The summed E-state index contributed by atoms with van der Waals surface area (Å²) in [5.74, 6) is 1.25. The number of carbonyl (C=O) groups excluding carboxylic acids is 1. The summed E-state index contributed by atoms with van der Waals surface area (Å²) in [4.78, 5) is 8.57. The minimum atomic E-state index is 0. The fraction of sp³-hybridized carbons (Fsp3) is 0.333. The Morgan fingerprint density at radius 1 is 1.75 bits per heavy atom. The molecule has 0 bridgehead atoms. The first-order valence-corrected chi connectivity index (χ1v) is 0.558. The van der Waals surface area contributed by atoms with E-state index >= 15 is 0 Å². The lowest BCUT2D eigenvalue weighted by Gasteiger charge is -1.02. The highest BCUT2D eigenvalue weighted by Gasteiger charge is 1.01. The smallest absolute Gasteiger partial charge is 0.116 e. The van der Waals surface area contributed by atoms with E-state index in [0.29, 0.717) is 0 Å². The van der Waals surface area contributed by atoms with Gasteiger partial charge in [-0.15, -0.1) is 0 Å². The van der Waals surface area contributed by atoms with Crippen LogP contribution in [-0.2, 0) is 4.79 Å². The second-order valence-corrected chi connectivity index (χ2v) is 0.144. The molecule has 1 nitrogen and oxygen atoms in total. The van der Waals surface area contributed by atoms with Crippen molar-refractivity contribution in [3.63, 3.8) is 0 Å². The Hall–Kier alpha value is -0.550. The van der Waals surface area contributed by atoms with Crippen molar-refractivity contribution in [2.75, 3.05) is 0 Å². The third-order valence-corrected chi connectivity index (χ3v) is 0. The lowest BCUT2D eigenvalue weighted by molar-refractivity contribution is 0.569. The quantitative estimate of drug-likeness (QED) is 0.369. The molecule has 0 atom stereocenters. The Morgan fingerprint density at radius 3 is 1.75 bits per heavy atom. The third-order valence-electron chi connectivity index (χ3n) is 0. The predicted octanol–water partition coefficient (Wildman–Crippen LogP) is 0.640. The van der Waals surface area contributed by atoms with Crippen molar-refractivity contribution < 1.29 is 4.79 Å². The van der Waals surface area contributed by atoms with Gasteiger partial charge in [-0.25, -0.2) is 4.79 Å². The molecule has 0 fully saturated rings. The minimum Gasteiger partial charge on any atom is -0.234 e. The Labute approximate surface area is 25.9 Å². The lowest BCUT2D eigenvalue weighted by atomic mass is 5.00. The van der Waals surface area contributed by atoms with Gasteiger partial charge in [0, 0.05) is 0 Å². The van der Waals surface area contributed by atoms with E-state index in [4.69, 9.17) is 4.79 Å². The molecule has 0 saturated heterocycles. The average molecular weight is 51.1 g/mol. The standard InChI is InChI=1S/C2H2O.CH4/c1-2-3;/h1H2;1H4/i;1-7. The van der Waals surface area contributed by atoms with Gasteiger partial charge in [0.25, 0.3) is 0 Å². The molecule has 0 aliphatic rings. The average Bonchev–Trinajstić information content (AvgIpc) is 0.918. The molecule has 0 aromatic rings. The van der Waals surface area contributed by atoms with Gasteiger partial charge in [0.15, 0.2) is 0 Å². The first-order valence-electron chi connectivity index (χ1n) is 0.558. The Kier molecular flexibility index (Phi) is 62.6. The van der Waals surface area contributed by atoms with Crippen LogP contribution < -0.4 is 0 Å². The largest absolute Gasteiger partial charge is 0.234 e. The van der Waals surface area contributed by atoms with Crippen LogP contribution in [0.5, 0.6) is 0 Å². The summed E-state index contributed by atoms with van der Waals surface area (Å²) >= 11 is 0. The topological polar surface area (TPSA) is 17.1 Å². The van der Waals surface area contributed by atoms with E-state index in [0.717, 1.165) is 0 Å². The summed E-state index contributed by atoms with van der Waals surface area (Å²) in [6, 6.07) is 0. The first-order chi connectivity index (χ1) is 1.41. The van der Waals surface area contributed by atoms with Crippen LogP contribution in [0.4, 0.5) is 0 Å². The molecule has 0 spiro atoms. The van der Waals surface area contributed by atoms with E-state index < -0.39 is 0 Å². The van der Waals surface area contributed by atoms with Crippen LogP contribution >= 0.6 is 0 Å². The molecule has 0 heterocycles. The maximum absolute atomic E-state index is 8.57. The molecule has 1 heteroatoms. The molecular weight excluding hydrogens is 45.0 g/mol. The molecule has 0 aliphatic carbocycles. The fourth-order valence-corrected chi connectivity index (χ4v) is 0. The molecule has 0 aromatic carbocycles.